The molecular weight excluding hydrogens is 467 g/mol. The number of carbonyl (C=O) groups is 1. The highest BCUT2D eigenvalue weighted by molar-refractivity contribution is 7.87. The SMILES string of the molecule is CCOC(=O)/C(=C/c1cnc2ncccn12)N=P(c1ccccc1)(c1ccccc1)c1ccccc1. The van der Waals surface area contributed by atoms with Crippen molar-refractivity contribution in [3.05, 3.63) is 127 Å². The van der Waals surface area contributed by atoms with Crippen LogP contribution in [0.3, 0.4) is 0 Å². The van der Waals surface area contributed by atoms with Gasteiger partial charge in [-0.1, -0.05) is 91.0 Å². The minimum absolute atomic E-state index is 0.229. The van der Waals surface area contributed by atoms with E-state index in [1.165, 1.54) is 0 Å². The average Bonchev–Trinajstić information content (AvgIpc) is 3.35. The number of imidazole rings is 1. The van der Waals surface area contributed by atoms with Crippen LogP contribution in [0.15, 0.2) is 126 Å². The summed E-state index contributed by atoms with van der Waals surface area (Å²) in [5, 5.41) is 3.12. The maximum atomic E-state index is 13.4. The Labute approximate surface area is 210 Å². The Morgan fingerprint density at radius 3 is 1.94 bits per heavy atom. The number of carbonyl (C=O) groups excluding carboxylic acids is 1. The third-order valence-corrected chi connectivity index (χ3v) is 9.39. The van der Waals surface area contributed by atoms with Crippen LogP contribution in [0, 0.1) is 0 Å². The first-order valence-corrected chi connectivity index (χ1v) is 13.4. The van der Waals surface area contributed by atoms with Crippen molar-refractivity contribution in [2.45, 2.75) is 6.92 Å². The molecule has 5 rings (SSSR count). The zero-order valence-corrected chi connectivity index (χ0v) is 20.7. The standard InChI is InChI=1S/C29H25N4O2P/c1-2-35-28(34)27(21-23-22-31-29-30-19-12-20-33(23)29)32-36(24-13-6-3-7-14-24,25-15-8-4-9-16-25)26-17-10-5-11-18-26/h3-22H,2H2,1H3/b27-21-. The van der Waals surface area contributed by atoms with Gasteiger partial charge in [0, 0.05) is 28.3 Å². The zero-order valence-electron chi connectivity index (χ0n) is 19.8. The molecule has 0 radical (unpaired) electrons. The molecule has 0 aliphatic rings. The number of benzene rings is 3. The van der Waals surface area contributed by atoms with Crippen molar-refractivity contribution in [2.75, 3.05) is 6.61 Å². The van der Waals surface area contributed by atoms with E-state index in [9.17, 15) is 4.79 Å². The molecule has 0 unspecified atom stereocenters. The van der Waals surface area contributed by atoms with Gasteiger partial charge in [0.1, 0.15) is 5.70 Å². The normalized spacial score (nSPS) is 11.9. The summed E-state index contributed by atoms with van der Waals surface area (Å²) in [6.07, 6.45) is 6.97. The summed E-state index contributed by atoms with van der Waals surface area (Å²) >= 11 is 0. The van der Waals surface area contributed by atoms with Crippen molar-refractivity contribution in [3.8, 4) is 0 Å². The Bertz CT molecular complexity index is 1460. The molecular formula is C29H25N4O2P. The van der Waals surface area contributed by atoms with E-state index in [4.69, 9.17) is 9.48 Å². The molecule has 0 aliphatic heterocycles. The molecule has 0 amide bonds. The lowest BCUT2D eigenvalue weighted by molar-refractivity contribution is -0.138. The number of aromatic nitrogens is 3. The van der Waals surface area contributed by atoms with Crippen LogP contribution >= 0.6 is 7.05 Å². The van der Waals surface area contributed by atoms with Gasteiger partial charge >= 0.3 is 5.97 Å². The molecule has 5 aromatic rings. The van der Waals surface area contributed by atoms with Gasteiger partial charge < -0.3 is 4.74 Å². The number of nitrogens with zero attached hydrogens (tertiary/aromatic N) is 4. The predicted octanol–water partition coefficient (Wildman–Crippen LogP) is 4.81. The van der Waals surface area contributed by atoms with Crippen LogP contribution in [0.4, 0.5) is 0 Å². The summed E-state index contributed by atoms with van der Waals surface area (Å²) in [6, 6.07) is 32.3. The second-order valence-corrected chi connectivity index (χ2v) is 11.0. The van der Waals surface area contributed by atoms with Gasteiger partial charge in [-0.15, -0.1) is 0 Å². The number of hydrogen-bond acceptors (Lipinski definition) is 5. The van der Waals surface area contributed by atoms with Crippen molar-refractivity contribution in [2.24, 2.45) is 4.74 Å². The summed E-state index contributed by atoms with van der Waals surface area (Å²) in [5.74, 6) is 0.0608. The lowest BCUT2D eigenvalue weighted by Gasteiger charge is -2.27. The van der Waals surface area contributed by atoms with Crippen molar-refractivity contribution in [3.63, 3.8) is 0 Å². The molecule has 0 N–H and O–H groups in total. The minimum atomic E-state index is -2.66. The van der Waals surface area contributed by atoms with Crippen LogP contribution in [0.25, 0.3) is 11.9 Å². The van der Waals surface area contributed by atoms with Gasteiger partial charge in [0.2, 0.25) is 5.78 Å². The third kappa shape index (κ3) is 4.51. The van der Waals surface area contributed by atoms with Gasteiger partial charge in [-0.2, -0.15) is 0 Å². The van der Waals surface area contributed by atoms with E-state index < -0.39 is 13.0 Å². The zero-order chi connectivity index (χ0) is 24.8. The molecule has 6 nitrogen and oxygen atoms in total. The Morgan fingerprint density at radius 1 is 0.861 bits per heavy atom. The van der Waals surface area contributed by atoms with Crippen molar-refractivity contribution >= 4 is 40.8 Å². The summed E-state index contributed by atoms with van der Waals surface area (Å²) in [6.45, 7) is 2.04. The monoisotopic (exact) mass is 492 g/mol. The fourth-order valence-corrected chi connectivity index (χ4v) is 7.65. The van der Waals surface area contributed by atoms with E-state index in [1.54, 1.807) is 25.4 Å². The van der Waals surface area contributed by atoms with Crippen LogP contribution < -0.4 is 15.9 Å². The van der Waals surface area contributed by atoms with Gasteiger partial charge in [0.15, 0.2) is 0 Å². The predicted molar refractivity (Wildman–Crippen MR) is 145 cm³/mol. The second kappa shape index (κ2) is 10.5. The maximum Gasteiger partial charge on any atom is 0.356 e. The largest absolute Gasteiger partial charge is 0.461 e. The van der Waals surface area contributed by atoms with Gasteiger partial charge in [-0.3, -0.25) is 4.40 Å². The summed E-state index contributed by atoms with van der Waals surface area (Å²) in [7, 11) is -2.66. The average molecular weight is 493 g/mol. The molecule has 0 fully saturated rings. The van der Waals surface area contributed by atoms with Crippen molar-refractivity contribution in [1.29, 1.82) is 0 Å². The fraction of sp³-hybridized carbons (Fsp3) is 0.0690. The van der Waals surface area contributed by atoms with Gasteiger partial charge in [0.25, 0.3) is 0 Å². The lowest BCUT2D eigenvalue weighted by atomic mass is 10.3. The van der Waals surface area contributed by atoms with Crippen LogP contribution in [0.1, 0.15) is 12.6 Å². The molecule has 178 valence electrons. The summed E-state index contributed by atoms with van der Waals surface area (Å²) in [4.78, 5) is 22.0. The Morgan fingerprint density at radius 2 is 1.42 bits per heavy atom. The molecule has 2 aromatic heterocycles. The van der Waals surface area contributed by atoms with Crippen LogP contribution in [0.5, 0.6) is 0 Å². The molecule has 0 saturated heterocycles. The molecule has 36 heavy (non-hydrogen) atoms. The van der Waals surface area contributed by atoms with E-state index in [2.05, 4.69) is 46.4 Å². The van der Waals surface area contributed by atoms with E-state index in [1.807, 2.05) is 71.3 Å². The topological polar surface area (TPSA) is 68.8 Å². The number of rotatable bonds is 7. The molecule has 0 saturated carbocycles. The van der Waals surface area contributed by atoms with Crippen LogP contribution in [-0.4, -0.2) is 26.9 Å². The quantitative estimate of drug-likeness (QED) is 0.186. The fourth-order valence-electron chi connectivity index (χ4n) is 4.14. The molecule has 7 heteroatoms. The minimum Gasteiger partial charge on any atom is -0.461 e. The highest BCUT2D eigenvalue weighted by Gasteiger charge is 2.29. The second-order valence-electron chi connectivity index (χ2n) is 7.96. The highest BCUT2D eigenvalue weighted by atomic mass is 31.2. The van der Waals surface area contributed by atoms with E-state index in [0.717, 1.165) is 15.9 Å². The van der Waals surface area contributed by atoms with Gasteiger partial charge in [-0.05, 0) is 19.1 Å². The number of esters is 1. The summed E-state index contributed by atoms with van der Waals surface area (Å²) in [5.41, 5.74) is 0.921. The van der Waals surface area contributed by atoms with Gasteiger partial charge in [-0.25, -0.2) is 19.5 Å². The van der Waals surface area contributed by atoms with Crippen molar-refractivity contribution in [1.82, 2.24) is 14.4 Å². The Kier molecular flexibility index (Phi) is 6.87. The first-order chi connectivity index (χ1) is 17.7. The molecule has 0 atom stereocenters. The number of ether oxygens (including phenoxy) is 1. The molecule has 2 heterocycles. The Balaban J connectivity index is 1.87. The Hall–Kier alpha value is -4.28. The molecule has 0 bridgehead atoms. The van der Waals surface area contributed by atoms with E-state index in [0.29, 0.717) is 11.5 Å². The lowest BCUT2D eigenvalue weighted by Crippen LogP contribution is -2.26. The maximum absolute atomic E-state index is 13.4. The molecule has 0 aliphatic carbocycles. The van der Waals surface area contributed by atoms with E-state index >= 15 is 0 Å². The van der Waals surface area contributed by atoms with Crippen LogP contribution in [-0.2, 0) is 9.53 Å². The first kappa shape index (κ1) is 23.5. The molecule has 0 spiro atoms. The molecule has 3 aromatic carbocycles. The smallest absolute Gasteiger partial charge is 0.356 e. The van der Waals surface area contributed by atoms with Gasteiger partial charge in [0.05, 0.1) is 25.6 Å². The highest BCUT2D eigenvalue weighted by Crippen LogP contribution is 2.48. The summed E-state index contributed by atoms with van der Waals surface area (Å²) < 4.78 is 12.7. The first-order valence-electron chi connectivity index (χ1n) is 11.7. The number of hydrogen-bond donors (Lipinski definition) is 0. The van der Waals surface area contributed by atoms with Crippen LogP contribution in [0.2, 0.25) is 0 Å². The van der Waals surface area contributed by atoms with E-state index in [-0.39, 0.29) is 12.3 Å². The van der Waals surface area contributed by atoms with Crippen molar-refractivity contribution < 1.29 is 9.53 Å². The third-order valence-electron chi connectivity index (χ3n) is 5.73. The number of fused-ring (bicyclic) bond motifs is 1.